The molecule has 2 aliphatic rings. The Morgan fingerprint density at radius 1 is 1.31 bits per heavy atom. The van der Waals surface area contributed by atoms with Crippen molar-refractivity contribution in [1.82, 2.24) is 14.7 Å². The zero-order chi connectivity index (χ0) is 11.3. The van der Waals surface area contributed by atoms with E-state index >= 15 is 0 Å². The summed E-state index contributed by atoms with van der Waals surface area (Å²) in [4.78, 5) is 10.9. The summed E-state index contributed by atoms with van der Waals surface area (Å²) in [5, 5.41) is 4.60. The summed E-state index contributed by atoms with van der Waals surface area (Å²) in [5.41, 5.74) is 1.10. The molecule has 0 saturated carbocycles. The maximum Gasteiger partial charge on any atom is 0.229 e. The first kappa shape index (κ1) is 9.57. The van der Waals surface area contributed by atoms with Crippen LogP contribution in [0.2, 0.25) is 0 Å². The van der Waals surface area contributed by atoms with Crippen LogP contribution in [0.15, 0.2) is 16.1 Å². The number of hydrogen-bond donors (Lipinski definition) is 0. The molecule has 0 amide bonds. The van der Waals surface area contributed by atoms with E-state index in [0.717, 1.165) is 30.6 Å². The Balaban J connectivity index is 2.12. The van der Waals surface area contributed by atoms with E-state index in [1.165, 1.54) is 0 Å². The minimum Gasteiger partial charge on any atom is -0.299 e. The van der Waals surface area contributed by atoms with Gasteiger partial charge in [0.25, 0.3) is 0 Å². The fourth-order valence-electron chi connectivity index (χ4n) is 1.85. The Bertz CT molecular complexity index is 489. The van der Waals surface area contributed by atoms with Gasteiger partial charge in [-0.25, -0.2) is 9.98 Å². The lowest BCUT2D eigenvalue weighted by atomic mass is 9.92. The fourth-order valence-corrected chi connectivity index (χ4v) is 1.85. The maximum absolute atomic E-state index is 4.60. The zero-order valence-electron chi connectivity index (χ0n) is 9.80. The lowest BCUT2D eigenvalue weighted by Gasteiger charge is -2.18. The van der Waals surface area contributed by atoms with Gasteiger partial charge in [0.1, 0.15) is 0 Å². The molecular formula is C11H15N5. The number of aromatic nitrogens is 2. The van der Waals surface area contributed by atoms with E-state index in [9.17, 15) is 0 Å². The van der Waals surface area contributed by atoms with E-state index in [1.807, 2.05) is 22.0 Å². The van der Waals surface area contributed by atoms with Crippen LogP contribution in [0.4, 0.5) is 5.82 Å². The van der Waals surface area contributed by atoms with Crippen LogP contribution < -0.4 is 0 Å². The van der Waals surface area contributed by atoms with Crippen molar-refractivity contribution in [2.45, 2.75) is 26.2 Å². The third kappa shape index (κ3) is 1.27. The predicted octanol–water partition coefficient (Wildman–Crippen LogP) is 1.37. The lowest BCUT2D eigenvalue weighted by Crippen LogP contribution is -2.34. The molecule has 0 saturated heterocycles. The van der Waals surface area contributed by atoms with Crippen LogP contribution in [-0.2, 0) is 5.41 Å². The molecule has 3 heterocycles. The van der Waals surface area contributed by atoms with Crippen LogP contribution in [0.5, 0.6) is 0 Å². The van der Waals surface area contributed by atoms with Gasteiger partial charge in [0.15, 0.2) is 5.82 Å². The minimum absolute atomic E-state index is 0.0455. The van der Waals surface area contributed by atoms with E-state index in [2.05, 4.69) is 35.9 Å². The van der Waals surface area contributed by atoms with Crippen LogP contribution in [0, 0.1) is 0 Å². The van der Waals surface area contributed by atoms with Crippen LogP contribution in [0.3, 0.4) is 0 Å². The van der Waals surface area contributed by atoms with Crippen molar-refractivity contribution in [2.75, 3.05) is 13.1 Å². The molecule has 0 aromatic carbocycles. The van der Waals surface area contributed by atoms with Crippen LogP contribution in [-0.4, -0.2) is 40.1 Å². The third-order valence-electron chi connectivity index (χ3n) is 2.83. The van der Waals surface area contributed by atoms with Gasteiger partial charge in [-0.15, -0.1) is 0 Å². The van der Waals surface area contributed by atoms with Crippen molar-refractivity contribution >= 4 is 18.1 Å². The monoisotopic (exact) mass is 217 g/mol. The fraction of sp³-hybridized carbons (Fsp3) is 0.545. The van der Waals surface area contributed by atoms with Crippen LogP contribution in [0.1, 0.15) is 26.5 Å². The Hall–Kier alpha value is -1.65. The molecule has 0 aliphatic carbocycles. The van der Waals surface area contributed by atoms with Crippen molar-refractivity contribution in [3.63, 3.8) is 0 Å². The molecule has 2 aliphatic heterocycles. The van der Waals surface area contributed by atoms with Crippen molar-refractivity contribution in [1.29, 1.82) is 0 Å². The SMILES string of the molecule is CC(C)(C)c1cc2n(n1)C1=NCCN1C=N2. The highest BCUT2D eigenvalue weighted by Gasteiger charge is 2.27. The van der Waals surface area contributed by atoms with Gasteiger partial charge in [0.2, 0.25) is 5.96 Å². The summed E-state index contributed by atoms with van der Waals surface area (Å²) in [7, 11) is 0. The molecule has 16 heavy (non-hydrogen) atoms. The standard InChI is InChI=1S/C11H15N5/c1-11(2,3)8-6-9-13-7-15-5-4-12-10(15)16(9)14-8/h6-7H,4-5H2,1-3H3. The van der Waals surface area contributed by atoms with Crippen molar-refractivity contribution in [3.8, 4) is 0 Å². The highest BCUT2D eigenvalue weighted by molar-refractivity contribution is 5.97. The van der Waals surface area contributed by atoms with E-state index in [-0.39, 0.29) is 5.41 Å². The molecule has 0 bridgehead atoms. The molecule has 3 rings (SSSR count). The van der Waals surface area contributed by atoms with E-state index in [0.29, 0.717) is 0 Å². The molecule has 0 spiro atoms. The Kier molecular flexibility index (Phi) is 1.75. The highest BCUT2D eigenvalue weighted by Crippen LogP contribution is 2.27. The van der Waals surface area contributed by atoms with Gasteiger partial charge < -0.3 is 0 Å². The Morgan fingerprint density at radius 2 is 2.12 bits per heavy atom. The average molecular weight is 217 g/mol. The molecule has 5 heteroatoms. The molecule has 0 atom stereocenters. The Labute approximate surface area is 94.5 Å². The molecule has 1 aromatic rings. The zero-order valence-corrected chi connectivity index (χ0v) is 9.80. The summed E-state index contributed by atoms with van der Waals surface area (Å²) >= 11 is 0. The molecular weight excluding hydrogens is 202 g/mol. The minimum atomic E-state index is 0.0455. The second kappa shape index (κ2) is 2.93. The number of aliphatic imine (C=N–C) groups is 2. The molecule has 0 radical (unpaired) electrons. The third-order valence-corrected chi connectivity index (χ3v) is 2.83. The first-order valence-electron chi connectivity index (χ1n) is 5.52. The topological polar surface area (TPSA) is 45.8 Å². The van der Waals surface area contributed by atoms with E-state index < -0.39 is 0 Å². The average Bonchev–Trinajstić information content (AvgIpc) is 2.81. The van der Waals surface area contributed by atoms with Crippen LogP contribution >= 0.6 is 0 Å². The van der Waals surface area contributed by atoms with Gasteiger partial charge in [-0.3, -0.25) is 4.90 Å². The predicted molar refractivity (Wildman–Crippen MR) is 63.5 cm³/mol. The van der Waals surface area contributed by atoms with Gasteiger partial charge in [-0.05, 0) is 0 Å². The van der Waals surface area contributed by atoms with Crippen LogP contribution in [0.25, 0.3) is 0 Å². The molecule has 0 unspecified atom stereocenters. The first-order valence-corrected chi connectivity index (χ1v) is 5.52. The van der Waals surface area contributed by atoms with Gasteiger partial charge in [-0.2, -0.15) is 9.78 Å². The summed E-state index contributed by atoms with van der Waals surface area (Å²) in [6, 6.07) is 2.04. The highest BCUT2D eigenvalue weighted by atomic mass is 15.5. The summed E-state index contributed by atoms with van der Waals surface area (Å²) in [6.45, 7) is 8.19. The smallest absolute Gasteiger partial charge is 0.229 e. The first-order chi connectivity index (χ1) is 7.55. The Morgan fingerprint density at radius 3 is 2.88 bits per heavy atom. The summed E-state index contributed by atoms with van der Waals surface area (Å²) < 4.78 is 1.84. The molecule has 5 nitrogen and oxygen atoms in total. The van der Waals surface area contributed by atoms with Gasteiger partial charge in [0.05, 0.1) is 18.6 Å². The van der Waals surface area contributed by atoms with Gasteiger partial charge >= 0.3 is 0 Å². The second-order valence-corrected chi connectivity index (χ2v) is 5.17. The van der Waals surface area contributed by atoms with Crippen molar-refractivity contribution in [2.24, 2.45) is 9.98 Å². The van der Waals surface area contributed by atoms with Gasteiger partial charge in [-0.1, -0.05) is 20.8 Å². The van der Waals surface area contributed by atoms with Gasteiger partial charge in [0, 0.05) is 18.0 Å². The number of fused-ring (bicyclic) bond motifs is 3. The van der Waals surface area contributed by atoms with Crippen molar-refractivity contribution in [3.05, 3.63) is 11.8 Å². The molecule has 1 aromatic heterocycles. The largest absolute Gasteiger partial charge is 0.299 e. The number of hydrogen-bond acceptors (Lipinski definition) is 4. The normalized spacial score (nSPS) is 18.4. The summed E-state index contributed by atoms with van der Waals surface area (Å²) in [6.07, 6.45) is 1.84. The molecule has 84 valence electrons. The summed E-state index contributed by atoms with van der Waals surface area (Å²) in [5.74, 6) is 1.78. The quantitative estimate of drug-likeness (QED) is 0.659. The van der Waals surface area contributed by atoms with Crippen molar-refractivity contribution < 1.29 is 0 Å². The molecule has 0 N–H and O–H groups in total. The number of nitrogens with zero attached hydrogens (tertiary/aromatic N) is 5. The lowest BCUT2D eigenvalue weighted by molar-refractivity contribution is 0.557. The van der Waals surface area contributed by atoms with E-state index in [1.54, 1.807) is 0 Å². The maximum atomic E-state index is 4.60. The number of rotatable bonds is 0. The molecule has 0 fully saturated rings. The van der Waals surface area contributed by atoms with E-state index in [4.69, 9.17) is 0 Å². The second-order valence-electron chi connectivity index (χ2n) is 5.17.